The zero-order valence-electron chi connectivity index (χ0n) is 14.1. The Hall–Kier alpha value is -2.37. The number of hydrogen-bond acceptors (Lipinski definition) is 3. The smallest absolute Gasteiger partial charge is 0.288 e. The van der Waals surface area contributed by atoms with Crippen LogP contribution in [0.4, 0.5) is 0 Å². The Morgan fingerprint density at radius 1 is 1.22 bits per heavy atom. The highest BCUT2D eigenvalue weighted by Gasteiger charge is 2.23. The van der Waals surface area contributed by atoms with Crippen molar-refractivity contribution in [2.45, 2.75) is 46.1 Å². The van der Waals surface area contributed by atoms with Crippen LogP contribution in [0.15, 0.2) is 24.4 Å². The monoisotopic (exact) mass is 316 g/mol. The minimum atomic E-state index is -0.374. The van der Waals surface area contributed by atoms with Crippen molar-refractivity contribution in [1.82, 2.24) is 20.0 Å². The van der Waals surface area contributed by atoms with Crippen LogP contribution in [0.5, 0.6) is 0 Å². The fourth-order valence-corrected chi connectivity index (χ4v) is 2.22. The van der Waals surface area contributed by atoms with Gasteiger partial charge >= 0.3 is 0 Å². The van der Waals surface area contributed by atoms with Crippen LogP contribution >= 0.6 is 0 Å². The van der Waals surface area contributed by atoms with E-state index in [4.69, 9.17) is 0 Å². The number of carbonyl (C=O) groups is 2. The molecule has 0 aromatic carbocycles. The normalized spacial score (nSPS) is 11.5. The number of hydrogen-bond donors (Lipinski definition) is 2. The number of carbonyl (C=O) groups excluding carboxylic acids is 2. The zero-order chi connectivity index (χ0) is 17.0. The van der Waals surface area contributed by atoms with Gasteiger partial charge in [-0.05, 0) is 39.3 Å². The van der Waals surface area contributed by atoms with Crippen molar-refractivity contribution in [3.8, 4) is 0 Å². The third kappa shape index (κ3) is 4.09. The molecule has 0 bridgehead atoms. The molecule has 0 aliphatic heterocycles. The fourth-order valence-electron chi connectivity index (χ4n) is 2.22. The molecule has 0 fully saturated rings. The predicted octanol–water partition coefficient (Wildman–Crippen LogP) is 2.39. The first-order chi connectivity index (χ1) is 10.8. The minimum Gasteiger partial charge on any atom is -0.351 e. The number of pyridine rings is 1. The van der Waals surface area contributed by atoms with E-state index >= 15 is 0 Å². The van der Waals surface area contributed by atoms with Gasteiger partial charge in [-0.25, -0.2) is 4.98 Å². The van der Waals surface area contributed by atoms with E-state index in [2.05, 4.69) is 22.5 Å². The molecular weight excluding hydrogens is 292 g/mol. The third-order valence-electron chi connectivity index (χ3n) is 3.27. The molecule has 2 aromatic rings. The topological polar surface area (TPSA) is 75.5 Å². The summed E-state index contributed by atoms with van der Waals surface area (Å²) < 4.78 is 1.65. The summed E-state index contributed by atoms with van der Waals surface area (Å²) in [4.78, 5) is 29.1. The molecule has 0 unspecified atom stereocenters. The van der Waals surface area contributed by atoms with E-state index in [1.54, 1.807) is 22.7 Å². The van der Waals surface area contributed by atoms with Gasteiger partial charge in [0.1, 0.15) is 0 Å². The predicted molar refractivity (Wildman–Crippen MR) is 89.7 cm³/mol. The molecule has 0 aliphatic rings. The molecule has 6 heteroatoms. The van der Waals surface area contributed by atoms with Crippen LogP contribution in [0, 0.1) is 0 Å². The molecule has 2 rings (SSSR count). The standard InChI is InChI=1S/C17H24N4O2/c1-5-6-10-18-15(22)13-12-9-7-8-11-21(12)14(19-13)16(23)20-17(2,3)4/h7-9,11H,5-6,10H2,1-4H3,(H,18,22)(H,20,23). The lowest BCUT2D eigenvalue weighted by Gasteiger charge is -2.19. The lowest BCUT2D eigenvalue weighted by molar-refractivity contribution is 0.0908. The molecule has 0 atom stereocenters. The molecule has 0 saturated carbocycles. The zero-order valence-corrected chi connectivity index (χ0v) is 14.1. The summed E-state index contributed by atoms with van der Waals surface area (Å²) in [6, 6.07) is 5.42. The van der Waals surface area contributed by atoms with E-state index in [0.29, 0.717) is 12.1 Å². The lowest BCUT2D eigenvalue weighted by Crippen LogP contribution is -2.41. The van der Waals surface area contributed by atoms with Crippen LogP contribution in [-0.2, 0) is 0 Å². The van der Waals surface area contributed by atoms with Crippen molar-refractivity contribution in [2.24, 2.45) is 0 Å². The molecule has 124 valence electrons. The molecule has 0 spiro atoms. The number of fused-ring (bicyclic) bond motifs is 1. The summed E-state index contributed by atoms with van der Waals surface area (Å²) in [5.74, 6) is -0.334. The maximum absolute atomic E-state index is 12.4. The third-order valence-corrected chi connectivity index (χ3v) is 3.27. The lowest BCUT2D eigenvalue weighted by atomic mass is 10.1. The molecule has 23 heavy (non-hydrogen) atoms. The highest BCUT2D eigenvalue weighted by atomic mass is 16.2. The summed E-state index contributed by atoms with van der Waals surface area (Å²) in [5.41, 5.74) is 0.530. The molecule has 0 aliphatic carbocycles. The number of nitrogens with zero attached hydrogens (tertiary/aromatic N) is 2. The average Bonchev–Trinajstić information content (AvgIpc) is 2.85. The quantitative estimate of drug-likeness (QED) is 0.832. The summed E-state index contributed by atoms with van der Waals surface area (Å²) in [6.45, 7) is 8.37. The largest absolute Gasteiger partial charge is 0.351 e. The van der Waals surface area contributed by atoms with Crippen molar-refractivity contribution in [3.05, 3.63) is 35.9 Å². The van der Waals surface area contributed by atoms with Gasteiger partial charge in [-0.1, -0.05) is 19.4 Å². The van der Waals surface area contributed by atoms with E-state index in [1.165, 1.54) is 0 Å². The molecule has 6 nitrogen and oxygen atoms in total. The first-order valence-corrected chi connectivity index (χ1v) is 7.91. The molecule has 2 heterocycles. The fraction of sp³-hybridized carbons (Fsp3) is 0.471. The van der Waals surface area contributed by atoms with Gasteiger partial charge in [-0.3, -0.25) is 14.0 Å². The molecule has 2 amide bonds. The summed E-state index contributed by atoms with van der Waals surface area (Å²) >= 11 is 0. The Morgan fingerprint density at radius 2 is 1.96 bits per heavy atom. The van der Waals surface area contributed by atoms with E-state index in [9.17, 15) is 9.59 Å². The average molecular weight is 316 g/mol. The minimum absolute atomic E-state index is 0.219. The Bertz CT molecular complexity index is 713. The van der Waals surface area contributed by atoms with Crippen LogP contribution in [0.2, 0.25) is 0 Å². The Morgan fingerprint density at radius 3 is 2.61 bits per heavy atom. The Balaban J connectivity index is 2.36. The van der Waals surface area contributed by atoms with E-state index in [-0.39, 0.29) is 28.9 Å². The van der Waals surface area contributed by atoms with Crippen molar-refractivity contribution in [1.29, 1.82) is 0 Å². The molecule has 2 N–H and O–H groups in total. The van der Waals surface area contributed by atoms with Gasteiger partial charge in [0, 0.05) is 18.3 Å². The van der Waals surface area contributed by atoms with Crippen molar-refractivity contribution in [3.63, 3.8) is 0 Å². The Labute approximate surface area is 136 Å². The molecular formula is C17H24N4O2. The van der Waals surface area contributed by atoms with Crippen molar-refractivity contribution < 1.29 is 9.59 Å². The van der Waals surface area contributed by atoms with Gasteiger partial charge in [-0.2, -0.15) is 0 Å². The van der Waals surface area contributed by atoms with E-state index in [0.717, 1.165) is 12.8 Å². The number of imidazole rings is 1. The highest BCUT2D eigenvalue weighted by molar-refractivity contribution is 6.02. The van der Waals surface area contributed by atoms with Crippen LogP contribution in [-0.4, -0.2) is 33.3 Å². The number of amides is 2. The van der Waals surface area contributed by atoms with Gasteiger partial charge in [0.05, 0.1) is 5.52 Å². The first kappa shape index (κ1) is 17.0. The number of nitrogens with one attached hydrogen (secondary N) is 2. The highest BCUT2D eigenvalue weighted by Crippen LogP contribution is 2.14. The first-order valence-electron chi connectivity index (χ1n) is 7.91. The van der Waals surface area contributed by atoms with Gasteiger partial charge < -0.3 is 10.6 Å². The van der Waals surface area contributed by atoms with Crippen molar-refractivity contribution in [2.75, 3.05) is 6.54 Å². The summed E-state index contributed by atoms with van der Waals surface area (Å²) in [7, 11) is 0. The summed E-state index contributed by atoms with van der Waals surface area (Å²) in [5, 5.41) is 5.72. The molecule has 0 radical (unpaired) electrons. The van der Waals surface area contributed by atoms with Gasteiger partial charge in [0.25, 0.3) is 11.8 Å². The van der Waals surface area contributed by atoms with E-state index in [1.807, 2.05) is 26.8 Å². The van der Waals surface area contributed by atoms with Crippen LogP contribution in [0.1, 0.15) is 61.6 Å². The van der Waals surface area contributed by atoms with Crippen LogP contribution in [0.25, 0.3) is 5.52 Å². The van der Waals surface area contributed by atoms with Crippen LogP contribution < -0.4 is 10.6 Å². The second-order valence-electron chi connectivity index (χ2n) is 6.55. The van der Waals surface area contributed by atoms with Gasteiger partial charge in [0.2, 0.25) is 5.82 Å². The Kier molecular flexibility index (Phi) is 5.03. The molecule has 2 aromatic heterocycles. The number of aromatic nitrogens is 2. The van der Waals surface area contributed by atoms with Crippen LogP contribution in [0.3, 0.4) is 0 Å². The maximum Gasteiger partial charge on any atom is 0.288 e. The van der Waals surface area contributed by atoms with Crippen molar-refractivity contribution >= 4 is 17.3 Å². The second kappa shape index (κ2) is 6.81. The summed E-state index contributed by atoms with van der Waals surface area (Å²) in [6.07, 6.45) is 3.65. The van der Waals surface area contributed by atoms with E-state index < -0.39 is 0 Å². The maximum atomic E-state index is 12.4. The number of unbranched alkanes of at least 4 members (excludes halogenated alkanes) is 1. The second-order valence-corrected chi connectivity index (χ2v) is 6.55. The SMILES string of the molecule is CCCCNC(=O)c1nc(C(=O)NC(C)(C)C)n2ccccc12. The van der Waals surface area contributed by atoms with Gasteiger partial charge in [0.15, 0.2) is 5.69 Å². The number of rotatable bonds is 5. The molecule has 0 saturated heterocycles. The van der Waals surface area contributed by atoms with Gasteiger partial charge in [-0.15, -0.1) is 0 Å².